The van der Waals surface area contributed by atoms with Gasteiger partial charge >= 0.3 is 5.97 Å². The average molecular weight is 330 g/mol. The van der Waals surface area contributed by atoms with Gasteiger partial charge in [0, 0.05) is 11.6 Å². The number of ether oxygens (including phenoxy) is 1. The smallest absolute Gasteiger partial charge is 0.334 e. The first kappa shape index (κ1) is 15.7. The van der Waals surface area contributed by atoms with Crippen molar-refractivity contribution >= 4 is 27.8 Å². The summed E-state index contributed by atoms with van der Waals surface area (Å²) in [6, 6.07) is 5.66. The van der Waals surface area contributed by atoms with Gasteiger partial charge in [-0.25, -0.2) is 4.79 Å². The van der Waals surface area contributed by atoms with Crippen molar-refractivity contribution in [2.75, 3.05) is 13.7 Å². The second-order valence-corrected chi connectivity index (χ2v) is 5.03. The molecule has 0 aliphatic rings. The van der Waals surface area contributed by atoms with Crippen molar-refractivity contribution in [1.82, 2.24) is 5.32 Å². The van der Waals surface area contributed by atoms with Crippen LogP contribution in [0.5, 0.6) is 0 Å². The second-order valence-electron chi connectivity index (χ2n) is 4.11. The summed E-state index contributed by atoms with van der Waals surface area (Å²) in [6.07, 6.45) is -0.801. The van der Waals surface area contributed by atoms with Gasteiger partial charge < -0.3 is 15.2 Å². The molecule has 0 heterocycles. The van der Waals surface area contributed by atoms with Crippen molar-refractivity contribution in [3.8, 4) is 0 Å². The number of halogens is 1. The number of aryl methyl sites for hydroxylation is 1. The first-order valence-corrected chi connectivity index (χ1v) is 6.50. The Bertz CT molecular complexity index is 476. The van der Waals surface area contributed by atoms with Gasteiger partial charge in [0.25, 0.3) is 0 Å². The highest BCUT2D eigenvalue weighted by atomic mass is 79.9. The number of carbonyl (C=O) groups excluding carboxylic acids is 1. The molecule has 0 bridgehead atoms. The molecule has 5 nitrogen and oxygen atoms in total. The molecule has 0 aliphatic carbocycles. The Hall–Kier alpha value is -1.40. The number of carboxylic acid groups (broad SMARTS) is 1. The van der Waals surface area contributed by atoms with Gasteiger partial charge in [0.2, 0.25) is 5.91 Å². The number of hydrogen-bond donors (Lipinski definition) is 2. The molecule has 0 fully saturated rings. The van der Waals surface area contributed by atoms with E-state index in [4.69, 9.17) is 9.84 Å². The van der Waals surface area contributed by atoms with Crippen molar-refractivity contribution in [2.24, 2.45) is 0 Å². The summed E-state index contributed by atoms with van der Waals surface area (Å²) in [5.74, 6) is -1.32. The van der Waals surface area contributed by atoms with Crippen LogP contribution in [0.2, 0.25) is 0 Å². The Morgan fingerprint density at radius 1 is 1.47 bits per heavy atom. The highest BCUT2D eigenvalue weighted by Crippen LogP contribution is 2.16. The maximum absolute atomic E-state index is 11.7. The summed E-state index contributed by atoms with van der Waals surface area (Å²) >= 11 is 3.36. The number of carbonyl (C=O) groups is 2. The molecule has 0 saturated carbocycles. The predicted molar refractivity (Wildman–Crippen MR) is 74.0 cm³/mol. The molecule has 1 aromatic carbocycles. The van der Waals surface area contributed by atoms with Gasteiger partial charge in [0.05, 0.1) is 13.0 Å². The normalized spacial score (nSPS) is 11.9. The fourth-order valence-corrected chi connectivity index (χ4v) is 2.05. The van der Waals surface area contributed by atoms with Gasteiger partial charge in [-0.2, -0.15) is 0 Å². The van der Waals surface area contributed by atoms with Crippen LogP contribution in [0.15, 0.2) is 22.7 Å². The Kier molecular flexibility index (Phi) is 5.98. The van der Waals surface area contributed by atoms with E-state index in [1.165, 1.54) is 7.11 Å². The maximum Gasteiger partial charge on any atom is 0.334 e. The minimum Gasteiger partial charge on any atom is -0.479 e. The first-order valence-electron chi connectivity index (χ1n) is 5.71. The molecule has 1 unspecified atom stereocenters. The summed E-state index contributed by atoms with van der Waals surface area (Å²) in [5.41, 5.74) is 1.91. The summed E-state index contributed by atoms with van der Waals surface area (Å²) in [5, 5.41) is 11.3. The van der Waals surface area contributed by atoms with Crippen molar-refractivity contribution in [2.45, 2.75) is 19.4 Å². The topological polar surface area (TPSA) is 75.6 Å². The third-order valence-electron chi connectivity index (χ3n) is 2.70. The number of rotatable bonds is 6. The molecule has 19 heavy (non-hydrogen) atoms. The lowest BCUT2D eigenvalue weighted by molar-refractivity contribution is -0.148. The molecule has 0 saturated heterocycles. The van der Waals surface area contributed by atoms with E-state index in [0.717, 1.165) is 15.6 Å². The van der Waals surface area contributed by atoms with Crippen molar-refractivity contribution in [3.05, 3.63) is 33.8 Å². The van der Waals surface area contributed by atoms with E-state index >= 15 is 0 Å². The fraction of sp³-hybridized carbons (Fsp3) is 0.385. The van der Waals surface area contributed by atoms with Crippen molar-refractivity contribution in [1.29, 1.82) is 0 Å². The molecule has 104 valence electrons. The van der Waals surface area contributed by atoms with Crippen LogP contribution in [0.4, 0.5) is 0 Å². The van der Waals surface area contributed by atoms with E-state index in [2.05, 4.69) is 21.2 Å². The molecule has 1 atom stereocenters. The van der Waals surface area contributed by atoms with Crippen LogP contribution in [-0.4, -0.2) is 36.7 Å². The van der Waals surface area contributed by atoms with Gasteiger partial charge in [-0.3, -0.25) is 4.79 Å². The summed E-state index contributed by atoms with van der Waals surface area (Å²) in [7, 11) is 1.30. The van der Waals surface area contributed by atoms with Gasteiger partial charge in [-0.1, -0.05) is 22.0 Å². The Morgan fingerprint density at radius 2 is 2.16 bits per heavy atom. The molecule has 1 rings (SSSR count). The summed E-state index contributed by atoms with van der Waals surface area (Å²) in [6.45, 7) is 1.88. The van der Waals surface area contributed by atoms with Gasteiger partial charge in [0.15, 0.2) is 6.10 Å². The number of aliphatic carboxylic acids is 1. The van der Waals surface area contributed by atoms with E-state index < -0.39 is 12.1 Å². The number of methoxy groups -OCH3 is 1. The highest BCUT2D eigenvalue weighted by molar-refractivity contribution is 9.10. The predicted octanol–water partition coefficient (Wildman–Crippen LogP) is 1.52. The van der Waals surface area contributed by atoms with Crippen LogP contribution in [-0.2, 0) is 20.7 Å². The molecule has 0 spiro atoms. The number of nitrogens with one attached hydrogen (secondary N) is 1. The number of carboxylic acids is 1. The molecule has 0 aliphatic heterocycles. The monoisotopic (exact) mass is 329 g/mol. The third kappa shape index (κ3) is 5.00. The Balaban J connectivity index is 2.53. The van der Waals surface area contributed by atoms with Crippen LogP contribution >= 0.6 is 15.9 Å². The average Bonchev–Trinajstić information content (AvgIpc) is 2.33. The fourth-order valence-electron chi connectivity index (χ4n) is 1.57. The molecule has 6 heteroatoms. The lowest BCUT2D eigenvalue weighted by atomic mass is 10.1. The zero-order valence-corrected chi connectivity index (χ0v) is 12.4. The lowest BCUT2D eigenvalue weighted by Gasteiger charge is -2.12. The van der Waals surface area contributed by atoms with Gasteiger partial charge in [0.1, 0.15) is 0 Å². The minimum atomic E-state index is -1.09. The SMILES string of the molecule is COC(CNC(=O)Cc1ccc(Br)cc1C)C(=O)O. The van der Waals surface area contributed by atoms with E-state index in [0.29, 0.717) is 0 Å². The van der Waals surface area contributed by atoms with Gasteiger partial charge in [-0.05, 0) is 30.2 Å². The van der Waals surface area contributed by atoms with Crippen molar-refractivity contribution < 1.29 is 19.4 Å². The maximum atomic E-state index is 11.7. The van der Waals surface area contributed by atoms with E-state index in [9.17, 15) is 9.59 Å². The van der Waals surface area contributed by atoms with E-state index in [-0.39, 0.29) is 18.9 Å². The Morgan fingerprint density at radius 3 is 2.68 bits per heavy atom. The lowest BCUT2D eigenvalue weighted by Crippen LogP contribution is -2.38. The molecule has 0 radical (unpaired) electrons. The minimum absolute atomic E-state index is 0.0414. The van der Waals surface area contributed by atoms with Crippen LogP contribution < -0.4 is 5.32 Å². The first-order chi connectivity index (χ1) is 8.93. The van der Waals surface area contributed by atoms with Gasteiger partial charge in [-0.15, -0.1) is 0 Å². The quantitative estimate of drug-likeness (QED) is 0.829. The zero-order valence-electron chi connectivity index (χ0n) is 10.8. The standard InChI is InChI=1S/C13H16BrNO4/c1-8-5-10(14)4-3-9(8)6-12(16)15-7-11(19-2)13(17)18/h3-5,11H,6-7H2,1-2H3,(H,15,16)(H,17,18). The van der Waals surface area contributed by atoms with Crippen LogP contribution in [0.3, 0.4) is 0 Å². The molecule has 1 amide bonds. The summed E-state index contributed by atoms with van der Waals surface area (Å²) in [4.78, 5) is 22.4. The molecule has 0 aromatic heterocycles. The zero-order chi connectivity index (χ0) is 14.4. The number of hydrogen-bond acceptors (Lipinski definition) is 3. The molecule has 2 N–H and O–H groups in total. The van der Waals surface area contributed by atoms with Crippen LogP contribution in [0, 0.1) is 6.92 Å². The number of amides is 1. The largest absolute Gasteiger partial charge is 0.479 e. The van der Waals surface area contributed by atoms with Crippen molar-refractivity contribution in [3.63, 3.8) is 0 Å². The van der Waals surface area contributed by atoms with Crippen LogP contribution in [0.25, 0.3) is 0 Å². The number of benzene rings is 1. The molecular weight excluding hydrogens is 314 g/mol. The van der Waals surface area contributed by atoms with E-state index in [1.807, 2.05) is 25.1 Å². The van der Waals surface area contributed by atoms with E-state index in [1.54, 1.807) is 0 Å². The Labute approximate surface area is 120 Å². The van der Waals surface area contributed by atoms with Crippen LogP contribution in [0.1, 0.15) is 11.1 Å². The second kappa shape index (κ2) is 7.25. The summed E-state index contributed by atoms with van der Waals surface area (Å²) < 4.78 is 5.69. The highest BCUT2D eigenvalue weighted by Gasteiger charge is 2.17. The third-order valence-corrected chi connectivity index (χ3v) is 3.19. The molecular formula is C13H16BrNO4. The molecule has 1 aromatic rings.